The van der Waals surface area contributed by atoms with Crippen molar-refractivity contribution in [3.05, 3.63) is 48.0 Å². The van der Waals surface area contributed by atoms with E-state index in [2.05, 4.69) is 49.4 Å². The summed E-state index contributed by atoms with van der Waals surface area (Å²) in [4.78, 5) is 0. The Balaban J connectivity index is -0.000000124. The molecule has 0 saturated carbocycles. The molecule has 0 aliphatic heterocycles. The summed E-state index contributed by atoms with van der Waals surface area (Å²) < 4.78 is 0. The highest BCUT2D eigenvalue weighted by atomic mass is 13.9. The standard InChI is InChI=1S/C11H10.5C2H6/c1-9-6-7-10-4-2-3-5-11(10)8-9;5*1-2/h2-8H,1H3;5*1-2H3. The Morgan fingerprint density at radius 1 is 0.476 bits per heavy atom. The largest absolute Gasteiger partial charge is 0.0683 e. The van der Waals surface area contributed by atoms with E-state index in [1.807, 2.05) is 69.2 Å². The maximum atomic E-state index is 2.20. The van der Waals surface area contributed by atoms with E-state index >= 15 is 0 Å². The molecule has 0 heterocycles. The molecular formula is C21H40. The third kappa shape index (κ3) is 14.9. The van der Waals surface area contributed by atoms with Gasteiger partial charge in [-0.1, -0.05) is 117 Å². The third-order valence-corrected chi connectivity index (χ3v) is 1.90. The Kier molecular flexibility index (Phi) is 36.1. The van der Waals surface area contributed by atoms with Crippen molar-refractivity contribution in [1.82, 2.24) is 0 Å². The Hall–Kier alpha value is -1.30. The molecule has 0 radical (unpaired) electrons. The van der Waals surface area contributed by atoms with E-state index in [0.717, 1.165) is 0 Å². The second-order valence-electron chi connectivity index (χ2n) is 2.85. The van der Waals surface area contributed by atoms with Gasteiger partial charge < -0.3 is 0 Å². The van der Waals surface area contributed by atoms with Crippen LogP contribution in [0.15, 0.2) is 42.5 Å². The molecule has 2 aromatic carbocycles. The van der Waals surface area contributed by atoms with Gasteiger partial charge in [0.15, 0.2) is 0 Å². The van der Waals surface area contributed by atoms with Gasteiger partial charge >= 0.3 is 0 Å². The molecule has 0 amide bonds. The molecule has 2 rings (SSSR count). The molecule has 0 N–H and O–H groups in total. The minimum absolute atomic E-state index is 1.32. The smallest absolute Gasteiger partial charge is 0.0181 e. The molecule has 0 aliphatic carbocycles. The fraction of sp³-hybridized carbons (Fsp3) is 0.524. The average molecular weight is 293 g/mol. The highest BCUT2D eigenvalue weighted by Gasteiger charge is 1.89. The summed E-state index contributed by atoms with van der Waals surface area (Å²) in [6, 6.07) is 14.9. The summed E-state index contributed by atoms with van der Waals surface area (Å²) in [6.45, 7) is 22.1. The van der Waals surface area contributed by atoms with Crippen molar-refractivity contribution in [2.24, 2.45) is 0 Å². The number of aryl methyl sites for hydroxylation is 1. The number of fused-ring (bicyclic) bond motifs is 1. The zero-order valence-corrected chi connectivity index (χ0v) is 16.5. The summed E-state index contributed by atoms with van der Waals surface area (Å²) in [6.07, 6.45) is 0. The first-order valence-electron chi connectivity index (χ1n) is 8.82. The van der Waals surface area contributed by atoms with Crippen molar-refractivity contribution < 1.29 is 0 Å². The minimum atomic E-state index is 1.32. The molecule has 0 spiro atoms. The van der Waals surface area contributed by atoms with E-state index in [1.165, 1.54) is 16.3 Å². The van der Waals surface area contributed by atoms with Crippen LogP contribution in [0.2, 0.25) is 0 Å². The van der Waals surface area contributed by atoms with Crippen molar-refractivity contribution in [2.75, 3.05) is 0 Å². The van der Waals surface area contributed by atoms with Gasteiger partial charge in [-0.15, -0.1) is 0 Å². The van der Waals surface area contributed by atoms with Crippen molar-refractivity contribution in [3.8, 4) is 0 Å². The van der Waals surface area contributed by atoms with Crippen LogP contribution in [0.3, 0.4) is 0 Å². The lowest BCUT2D eigenvalue weighted by atomic mass is 10.1. The van der Waals surface area contributed by atoms with E-state index in [0.29, 0.717) is 0 Å². The summed E-state index contributed by atoms with van der Waals surface area (Å²) >= 11 is 0. The molecule has 0 heteroatoms. The molecule has 0 unspecified atom stereocenters. The lowest BCUT2D eigenvalue weighted by molar-refractivity contribution is 1.50. The molecule has 0 fully saturated rings. The van der Waals surface area contributed by atoms with Crippen LogP contribution in [0.1, 0.15) is 74.8 Å². The first-order chi connectivity index (χ1) is 10.4. The van der Waals surface area contributed by atoms with Crippen LogP contribution >= 0.6 is 0 Å². The predicted molar refractivity (Wildman–Crippen MR) is 105 cm³/mol. The van der Waals surface area contributed by atoms with Gasteiger partial charge in [0.1, 0.15) is 0 Å². The third-order valence-electron chi connectivity index (χ3n) is 1.90. The van der Waals surface area contributed by atoms with Gasteiger partial charge in [-0.05, 0) is 17.7 Å². The molecular weight excluding hydrogens is 252 g/mol. The van der Waals surface area contributed by atoms with Crippen molar-refractivity contribution in [3.63, 3.8) is 0 Å². The van der Waals surface area contributed by atoms with Gasteiger partial charge in [0.05, 0.1) is 0 Å². The molecule has 2 aromatic rings. The van der Waals surface area contributed by atoms with E-state index in [9.17, 15) is 0 Å². The van der Waals surface area contributed by atoms with Gasteiger partial charge in [0.2, 0.25) is 0 Å². The fourth-order valence-corrected chi connectivity index (χ4v) is 1.31. The lowest BCUT2D eigenvalue weighted by Crippen LogP contribution is -1.73. The Morgan fingerprint density at radius 3 is 1.29 bits per heavy atom. The quantitative estimate of drug-likeness (QED) is 0.458. The molecule has 0 atom stereocenters. The SMILES string of the molecule is CC.CC.CC.CC.CC.Cc1ccc2ccccc2c1. The predicted octanol–water partition coefficient (Wildman–Crippen LogP) is 8.28. The summed E-state index contributed by atoms with van der Waals surface area (Å²) in [5.74, 6) is 0. The van der Waals surface area contributed by atoms with Crippen molar-refractivity contribution in [1.29, 1.82) is 0 Å². The lowest BCUT2D eigenvalue weighted by Gasteiger charge is -1.96. The highest BCUT2D eigenvalue weighted by Crippen LogP contribution is 2.14. The molecule has 0 saturated heterocycles. The Morgan fingerprint density at radius 2 is 0.857 bits per heavy atom. The second kappa shape index (κ2) is 27.1. The summed E-state index contributed by atoms with van der Waals surface area (Å²) in [5, 5.41) is 2.64. The van der Waals surface area contributed by atoms with Crippen LogP contribution in [0.25, 0.3) is 10.8 Å². The molecule has 124 valence electrons. The van der Waals surface area contributed by atoms with Crippen LogP contribution < -0.4 is 0 Å². The first-order valence-corrected chi connectivity index (χ1v) is 8.82. The van der Waals surface area contributed by atoms with Crippen LogP contribution in [0, 0.1) is 6.92 Å². The summed E-state index contributed by atoms with van der Waals surface area (Å²) in [7, 11) is 0. The Labute approximate surface area is 135 Å². The van der Waals surface area contributed by atoms with E-state index in [-0.39, 0.29) is 0 Å². The first kappa shape index (κ1) is 27.9. The van der Waals surface area contributed by atoms with Gasteiger partial charge in [0, 0.05) is 0 Å². The van der Waals surface area contributed by atoms with Gasteiger partial charge in [-0.25, -0.2) is 0 Å². The minimum Gasteiger partial charge on any atom is -0.0683 e. The fourth-order valence-electron chi connectivity index (χ4n) is 1.31. The topological polar surface area (TPSA) is 0 Å². The van der Waals surface area contributed by atoms with Gasteiger partial charge in [-0.3, -0.25) is 0 Å². The van der Waals surface area contributed by atoms with Gasteiger partial charge in [-0.2, -0.15) is 0 Å². The van der Waals surface area contributed by atoms with E-state index in [4.69, 9.17) is 0 Å². The Bertz CT molecular complexity index is 374. The maximum absolute atomic E-state index is 2.20. The van der Waals surface area contributed by atoms with Crippen molar-refractivity contribution >= 4 is 10.8 Å². The number of rotatable bonds is 0. The van der Waals surface area contributed by atoms with Gasteiger partial charge in [0.25, 0.3) is 0 Å². The summed E-state index contributed by atoms with van der Waals surface area (Å²) in [5.41, 5.74) is 1.32. The van der Waals surface area contributed by atoms with Crippen LogP contribution in [-0.4, -0.2) is 0 Å². The molecule has 0 aliphatic rings. The van der Waals surface area contributed by atoms with E-state index < -0.39 is 0 Å². The zero-order valence-electron chi connectivity index (χ0n) is 16.5. The van der Waals surface area contributed by atoms with Crippen molar-refractivity contribution in [2.45, 2.75) is 76.2 Å². The second-order valence-corrected chi connectivity index (χ2v) is 2.85. The van der Waals surface area contributed by atoms with Crippen LogP contribution in [-0.2, 0) is 0 Å². The average Bonchev–Trinajstić information content (AvgIpc) is 2.63. The number of hydrogen-bond acceptors (Lipinski definition) is 0. The highest BCUT2D eigenvalue weighted by molar-refractivity contribution is 5.82. The number of benzene rings is 2. The number of hydrogen-bond donors (Lipinski definition) is 0. The molecule has 0 aromatic heterocycles. The van der Waals surface area contributed by atoms with Crippen LogP contribution in [0.5, 0.6) is 0 Å². The zero-order chi connectivity index (χ0) is 17.7. The monoisotopic (exact) mass is 292 g/mol. The molecule has 0 nitrogen and oxygen atoms in total. The molecule has 21 heavy (non-hydrogen) atoms. The van der Waals surface area contributed by atoms with Crippen LogP contribution in [0.4, 0.5) is 0 Å². The normalized spacial score (nSPS) is 6.81. The van der Waals surface area contributed by atoms with E-state index in [1.54, 1.807) is 0 Å². The molecule has 0 bridgehead atoms. The maximum Gasteiger partial charge on any atom is -0.0181 e.